The molecule has 1 rings (SSSR count). The summed E-state index contributed by atoms with van der Waals surface area (Å²) in [4.78, 5) is 11.8. The molecule has 2 nitrogen and oxygen atoms in total. The number of rotatable bonds is 4. The summed E-state index contributed by atoms with van der Waals surface area (Å²) in [6, 6.07) is 4.37. The van der Waals surface area contributed by atoms with Crippen LogP contribution in [0, 0.1) is 18.7 Å². The third kappa shape index (κ3) is 3.14. The lowest BCUT2D eigenvalue weighted by atomic mass is 9.96. The predicted molar refractivity (Wildman–Crippen MR) is 62.9 cm³/mol. The zero-order valence-electron chi connectivity index (χ0n) is 9.96. The second-order valence-electron chi connectivity index (χ2n) is 4.50. The second-order valence-corrected chi connectivity index (χ2v) is 4.50. The van der Waals surface area contributed by atoms with Gasteiger partial charge in [0.25, 0.3) is 0 Å². The highest BCUT2D eigenvalue weighted by molar-refractivity contribution is 5.96. The summed E-state index contributed by atoms with van der Waals surface area (Å²) in [5.41, 5.74) is 6.76. The van der Waals surface area contributed by atoms with Gasteiger partial charge in [-0.15, -0.1) is 0 Å². The fraction of sp³-hybridized carbons (Fsp3) is 0.462. The van der Waals surface area contributed by atoms with Crippen LogP contribution in [0.2, 0.25) is 0 Å². The van der Waals surface area contributed by atoms with Crippen molar-refractivity contribution in [1.82, 2.24) is 0 Å². The third-order valence-corrected chi connectivity index (χ3v) is 2.77. The lowest BCUT2D eigenvalue weighted by Gasteiger charge is -2.14. The Labute approximate surface area is 95.7 Å². The number of benzene rings is 1. The molecule has 0 saturated heterocycles. The van der Waals surface area contributed by atoms with Crippen molar-refractivity contribution in [3.05, 3.63) is 35.1 Å². The van der Waals surface area contributed by atoms with Crippen molar-refractivity contribution in [2.45, 2.75) is 33.2 Å². The van der Waals surface area contributed by atoms with E-state index in [1.807, 2.05) is 13.8 Å². The summed E-state index contributed by atoms with van der Waals surface area (Å²) in [6.45, 7) is 5.60. The zero-order valence-corrected chi connectivity index (χ0v) is 9.96. The van der Waals surface area contributed by atoms with Crippen LogP contribution in [0.5, 0.6) is 0 Å². The molecule has 0 aliphatic carbocycles. The summed E-state index contributed by atoms with van der Waals surface area (Å²) >= 11 is 0. The van der Waals surface area contributed by atoms with Crippen molar-refractivity contribution in [3.8, 4) is 0 Å². The number of aryl methyl sites for hydroxylation is 1. The van der Waals surface area contributed by atoms with E-state index in [2.05, 4.69) is 0 Å². The Hall–Kier alpha value is -1.22. The van der Waals surface area contributed by atoms with Gasteiger partial charge in [-0.3, -0.25) is 4.79 Å². The molecule has 16 heavy (non-hydrogen) atoms. The number of hydrogen-bond donors (Lipinski definition) is 1. The molecule has 0 aromatic heterocycles. The maximum absolute atomic E-state index is 13.3. The Morgan fingerprint density at radius 2 is 2.06 bits per heavy atom. The molecule has 0 fully saturated rings. The minimum absolute atomic E-state index is 0.0971. The fourth-order valence-corrected chi connectivity index (χ4v) is 1.33. The van der Waals surface area contributed by atoms with Gasteiger partial charge in [-0.1, -0.05) is 26.0 Å². The number of halogens is 1. The fourth-order valence-electron chi connectivity index (χ4n) is 1.33. The Morgan fingerprint density at radius 1 is 1.44 bits per heavy atom. The van der Waals surface area contributed by atoms with Gasteiger partial charge in [-0.2, -0.15) is 0 Å². The lowest BCUT2D eigenvalue weighted by Crippen LogP contribution is -2.29. The molecule has 2 N–H and O–H groups in total. The normalized spacial score (nSPS) is 12.9. The molecule has 0 aliphatic heterocycles. The van der Waals surface area contributed by atoms with Crippen molar-refractivity contribution in [2.75, 3.05) is 0 Å². The maximum Gasteiger partial charge on any atom is 0.164 e. The first-order valence-electron chi connectivity index (χ1n) is 5.46. The highest BCUT2D eigenvalue weighted by Gasteiger charge is 2.15. The van der Waals surface area contributed by atoms with Crippen LogP contribution in [-0.4, -0.2) is 11.8 Å². The number of hydrogen-bond acceptors (Lipinski definition) is 2. The monoisotopic (exact) mass is 223 g/mol. The Balaban J connectivity index is 2.77. The summed E-state index contributed by atoms with van der Waals surface area (Å²) in [5.74, 6) is -0.191. The van der Waals surface area contributed by atoms with Crippen molar-refractivity contribution < 1.29 is 9.18 Å². The van der Waals surface area contributed by atoms with Crippen LogP contribution in [0.3, 0.4) is 0 Å². The molecule has 0 aliphatic rings. The quantitative estimate of drug-likeness (QED) is 0.797. The van der Waals surface area contributed by atoms with Crippen molar-refractivity contribution >= 4 is 5.78 Å². The van der Waals surface area contributed by atoms with Crippen LogP contribution >= 0.6 is 0 Å². The van der Waals surface area contributed by atoms with E-state index in [0.717, 1.165) is 0 Å². The highest BCUT2D eigenvalue weighted by atomic mass is 19.1. The summed E-state index contributed by atoms with van der Waals surface area (Å²) in [6.07, 6.45) is 0.264. The van der Waals surface area contributed by atoms with E-state index in [0.29, 0.717) is 11.1 Å². The van der Waals surface area contributed by atoms with Crippen LogP contribution in [0.1, 0.15) is 36.2 Å². The molecular weight excluding hydrogens is 205 g/mol. The standard InChI is InChI=1S/C13H18FNO/c1-8(2)12(15)7-13(16)10-5-4-9(3)11(14)6-10/h4-6,8,12H,7,15H2,1-3H3. The van der Waals surface area contributed by atoms with Crippen LogP contribution in [0.15, 0.2) is 18.2 Å². The molecule has 1 aromatic rings. The van der Waals surface area contributed by atoms with Crippen molar-refractivity contribution in [1.29, 1.82) is 0 Å². The minimum Gasteiger partial charge on any atom is -0.327 e. The highest BCUT2D eigenvalue weighted by Crippen LogP contribution is 2.13. The van der Waals surface area contributed by atoms with Crippen LogP contribution in [0.25, 0.3) is 0 Å². The number of nitrogens with two attached hydrogens (primary N) is 1. The van der Waals surface area contributed by atoms with Gasteiger partial charge >= 0.3 is 0 Å². The van der Waals surface area contributed by atoms with E-state index >= 15 is 0 Å². The number of carbonyl (C=O) groups excluding carboxylic acids is 1. The van der Waals surface area contributed by atoms with E-state index in [9.17, 15) is 9.18 Å². The predicted octanol–water partition coefficient (Wildman–Crippen LogP) is 2.69. The minimum atomic E-state index is -0.344. The maximum atomic E-state index is 13.3. The average molecular weight is 223 g/mol. The second kappa shape index (κ2) is 5.21. The number of Topliss-reactive ketones (excluding diaryl/α,β-unsaturated/α-hetero) is 1. The lowest BCUT2D eigenvalue weighted by molar-refractivity contribution is 0.0967. The largest absolute Gasteiger partial charge is 0.327 e. The molecule has 0 amide bonds. The van der Waals surface area contributed by atoms with Gasteiger partial charge in [-0.25, -0.2) is 4.39 Å². The van der Waals surface area contributed by atoms with Crippen LogP contribution < -0.4 is 5.73 Å². The van der Waals surface area contributed by atoms with E-state index in [1.165, 1.54) is 6.07 Å². The van der Waals surface area contributed by atoms with E-state index in [-0.39, 0.29) is 30.0 Å². The topological polar surface area (TPSA) is 43.1 Å². The van der Waals surface area contributed by atoms with Gasteiger partial charge in [0.2, 0.25) is 0 Å². The summed E-state index contributed by atoms with van der Waals surface area (Å²) in [5, 5.41) is 0. The number of carbonyl (C=O) groups is 1. The van der Waals surface area contributed by atoms with E-state index in [1.54, 1.807) is 19.1 Å². The molecule has 1 aromatic carbocycles. The Morgan fingerprint density at radius 3 is 2.56 bits per heavy atom. The van der Waals surface area contributed by atoms with Gasteiger partial charge in [0.05, 0.1) is 0 Å². The average Bonchev–Trinajstić information content (AvgIpc) is 2.21. The molecule has 0 heterocycles. The van der Waals surface area contributed by atoms with E-state index in [4.69, 9.17) is 5.73 Å². The molecule has 3 heteroatoms. The van der Waals surface area contributed by atoms with Gasteiger partial charge in [0.15, 0.2) is 5.78 Å². The molecule has 1 atom stereocenters. The van der Waals surface area contributed by atoms with Crippen LogP contribution in [0.4, 0.5) is 4.39 Å². The molecule has 88 valence electrons. The van der Waals surface area contributed by atoms with E-state index < -0.39 is 0 Å². The van der Waals surface area contributed by atoms with Gasteiger partial charge < -0.3 is 5.73 Å². The van der Waals surface area contributed by atoms with Gasteiger partial charge in [-0.05, 0) is 24.5 Å². The smallest absolute Gasteiger partial charge is 0.164 e. The Kier molecular flexibility index (Phi) is 4.19. The van der Waals surface area contributed by atoms with Gasteiger partial charge in [0.1, 0.15) is 5.82 Å². The molecule has 0 bridgehead atoms. The van der Waals surface area contributed by atoms with Gasteiger partial charge in [0, 0.05) is 18.0 Å². The molecule has 0 radical (unpaired) electrons. The third-order valence-electron chi connectivity index (χ3n) is 2.77. The Bertz CT molecular complexity index is 388. The first kappa shape index (κ1) is 12.8. The van der Waals surface area contributed by atoms with Crippen molar-refractivity contribution in [3.63, 3.8) is 0 Å². The molecule has 1 unspecified atom stereocenters. The molecule has 0 spiro atoms. The SMILES string of the molecule is Cc1ccc(C(=O)CC(N)C(C)C)cc1F. The molecular formula is C13H18FNO. The summed E-state index contributed by atoms with van der Waals surface area (Å²) < 4.78 is 13.3. The zero-order chi connectivity index (χ0) is 12.3. The first-order valence-corrected chi connectivity index (χ1v) is 5.46. The van der Waals surface area contributed by atoms with Crippen LogP contribution in [-0.2, 0) is 0 Å². The molecule has 0 saturated carbocycles. The summed E-state index contributed by atoms with van der Waals surface area (Å²) in [7, 11) is 0. The van der Waals surface area contributed by atoms with Crippen molar-refractivity contribution in [2.24, 2.45) is 11.7 Å². The number of ketones is 1. The first-order chi connectivity index (χ1) is 7.41.